The molecule has 1 aromatic heterocycles. The number of hydrogen-bond donors (Lipinski definition) is 0. The van der Waals surface area contributed by atoms with Gasteiger partial charge in [0, 0.05) is 24.8 Å². The third kappa shape index (κ3) is 2.35. The molecule has 100 valence electrons. The Labute approximate surface area is 117 Å². The quantitative estimate of drug-likeness (QED) is 0.837. The van der Waals surface area contributed by atoms with Crippen molar-refractivity contribution in [2.75, 3.05) is 18.0 Å². The average Bonchev–Trinajstić information content (AvgIpc) is 3.01. The summed E-state index contributed by atoms with van der Waals surface area (Å²) in [7, 11) is 0. The first-order chi connectivity index (χ1) is 9.78. The van der Waals surface area contributed by atoms with E-state index in [0.717, 1.165) is 42.9 Å². The van der Waals surface area contributed by atoms with E-state index in [1.807, 2.05) is 6.07 Å². The number of benzene rings is 1. The highest BCUT2D eigenvalue weighted by molar-refractivity contribution is 5.68. The zero-order valence-corrected chi connectivity index (χ0v) is 11.0. The number of nitrogens with zero attached hydrogens (tertiary/aromatic N) is 3. The van der Waals surface area contributed by atoms with Crippen LogP contribution in [0.4, 0.5) is 10.2 Å². The lowest BCUT2D eigenvalue weighted by Gasteiger charge is -2.18. The van der Waals surface area contributed by atoms with Gasteiger partial charge in [-0.2, -0.15) is 5.26 Å². The second-order valence-electron chi connectivity index (χ2n) is 4.91. The molecule has 0 N–H and O–H groups in total. The molecule has 0 spiro atoms. The van der Waals surface area contributed by atoms with Crippen molar-refractivity contribution in [1.29, 1.82) is 5.26 Å². The van der Waals surface area contributed by atoms with Crippen LogP contribution in [-0.2, 0) is 0 Å². The van der Waals surface area contributed by atoms with E-state index in [4.69, 9.17) is 0 Å². The number of anilines is 1. The van der Waals surface area contributed by atoms with E-state index in [2.05, 4.69) is 16.0 Å². The highest BCUT2D eigenvalue weighted by atomic mass is 19.1. The summed E-state index contributed by atoms with van der Waals surface area (Å²) >= 11 is 0. The van der Waals surface area contributed by atoms with Crippen LogP contribution in [0.1, 0.15) is 18.4 Å². The van der Waals surface area contributed by atoms with Crippen molar-refractivity contribution in [2.45, 2.75) is 12.8 Å². The Morgan fingerprint density at radius 2 is 1.80 bits per heavy atom. The van der Waals surface area contributed by atoms with Gasteiger partial charge in [-0.25, -0.2) is 9.37 Å². The van der Waals surface area contributed by atoms with E-state index in [1.165, 1.54) is 12.1 Å². The smallest absolute Gasteiger partial charge is 0.146 e. The maximum Gasteiger partial charge on any atom is 0.146 e. The first-order valence-corrected chi connectivity index (χ1v) is 6.69. The topological polar surface area (TPSA) is 39.9 Å². The predicted molar refractivity (Wildman–Crippen MR) is 75.8 cm³/mol. The lowest BCUT2D eigenvalue weighted by atomic mass is 10.1. The Kier molecular flexibility index (Phi) is 3.34. The van der Waals surface area contributed by atoms with Crippen LogP contribution in [0.3, 0.4) is 0 Å². The van der Waals surface area contributed by atoms with Crippen LogP contribution in [0.25, 0.3) is 11.1 Å². The van der Waals surface area contributed by atoms with Gasteiger partial charge < -0.3 is 4.90 Å². The van der Waals surface area contributed by atoms with Crippen molar-refractivity contribution < 1.29 is 4.39 Å². The SMILES string of the molecule is N#Cc1cc(-c2ccc(F)cc2)cnc1N1CCCC1. The number of nitriles is 1. The van der Waals surface area contributed by atoms with Crippen molar-refractivity contribution in [3.05, 3.63) is 47.9 Å². The van der Waals surface area contributed by atoms with Crippen molar-refractivity contribution >= 4 is 5.82 Å². The first-order valence-electron chi connectivity index (χ1n) is 6.69. The minimum absolute atomic E-state index is 0.268. The molecule has 20 heavy (non-hydrogen) atoms. The van der Waals surface area contributed by atoms with Crippen LogP contribution in [-0.4, -0.2) is 18.1 Å². The molecule has 3 rings (SSSR count). The molecule has 0 radical (unpaired) electrons. The van der Waals surface area contributed by atoms with Gasteiger partial charge in [-0.1, -0.05) is 12.1 Å². The fourth-order valence-corrected chi connectivity index (χ4v) is 2.52. The van der Waals surface area contributed by atoms with Gasteiger partial charge in [-0.05, 0) is 36.6 Å². The maximum absolute atomic E-state index is 12.9. The number of rotatable bonds is 2. The van der Waals surface area contributed by atoms with Gasteiger partial charge in [0.1, 0.15) is 17.7 Å². The molecule has 0 atom stereocenters. The molecule has 1 saturated heterocycles. The van der Waals surface area contributed by atoms with Gasteiger partial charge in [0.15, 0.2) is 0 Å². The van der Waals surface area contributed by atoms with E-state index >= 15 is 0 Å². The third-order valence-corrected chi connectivity index (χ3v) is 3.57. The second-order valence-corrected chi connectivity index (χ2v) is 4.91. The molecule has 2 heterocycles. The van der Waals surface area contributed by atoms with Crippen LogP contribution in [0.2, 0.25) is 0 Å². The highest BCUT2D eigenvalue weighted by Crippen LogP contribution is 2.26. The first kappa shape index (κ1) is 12.6. The fraction of sp³-hybridized carbons (Fsp3) is 0.250. The van der Waals surface area contributed by atoms with Crippen LogP contribution < -0.4 is 4.90 Å². The predicted octanol–water partition coefficient (Wildman–Crippen LogP) is 3.36. The molecule has 3 nitrogen and oxygen atoms in total. The summed E-state index contributed by atoms with van der Waals surface area (Å²) in [5.41, 5.74) is 2.28. The van der Waals surface area contributed by atoms with Gasteiger partial charge in [-0.3, -0.25) is 0 Å². The minimum Gasteiger partial charge on any atom is -0.356 e. The van der Waals surface area contributed by atoms with Crippen LogP contribution in [0, 0.1) is 17.1 Å². The number of hydrogen-bond acceptors (Lipinski definition) is 3. The fourth-order valence-electron chi connectivity index (χ4n) is 2.52. The molecule has 1 aliphatic heterocycles. The number of halogens is 1. The molecule has 1 aromatic carbocycles. The van der Waals surface area contributed by atoms with E-state index in [1.54, 1.807) is 18.3 Å². The summed E-state index contributed by atoms with van der Waals surface area (Å²) in [5, 5.41) is 9.32. The summed E-state index contributed by atoms with van der Waals surface area (Å²) in [5.74, 6) is 0.492. The third-order valence-electron chi connectivity index (χ3n) is 3.57. The van der Waals surface area contributed by atoms with Gasteiger partial charge in [0.2, 0.25) is 0 Å². The van der Waals surface area contributed by atoms with Crippen molar-refractivity contribution in [3.8, 4) is 17.2 Å². The Hall–Kier alpha value is -2.41. The molecule has 0 unspecified atom stereocenters. The standard InChI is InChI=1S/C16H14FN3/c17-15-5-3-12(4-6-15)14-9-13(10-18)16(19-11-14)20-7-1-2-8-20/h3-6,9,11H,1-2,7-8H2. The molecular weight excluding hydrogens is 253 g/mol. The van der Waals surface area contributed by atoms with Crippen molar-refractivity contribution in [2.24, 2.45) is 0 Å². The monoisotopic (exact) mass is 267 g/mol. The zero-order valence-electron chi connectivity index (χ0n) is 11.0. The molecule has 1 aliphatic rings. The van der Waals surface area contributed by atoms with Crippen LogP contribution in [0.15, 0.2) is 36.5 Å². The molecule has 2 aromatic rings. The van der Waals surface area contributed by atoms with Gasteiger partial charge >= 0.3 is 0 Å². The lowest BCUT2D eigenvalue weighted by molar-refractivity contribution is 0.628. The van der Waals surface area contributed by atoms with Crippen LogP contribution >= 0.6 is 0 Å². The summed E-state index contributed by atoms with van der Waals surface area (Å²) in [4.78, 5) is 6.59. The van der Waals surface area contributed by atoms with E-state index in [-0.39, 0.29) is 5.82 Å². The van der Waals surface area contributed by atoms with Crippen molar-refractivity contribution in [1.82, 2.24) is 4.98 Å². The number of aromatic nitrogens is 1. The summed E-state index contributed by atoms with van der Waals surface area (Å²) < 4.78 is 12.9. The Bertz CT molecular complexity index is 652. The van der Waals surface area contributed by atoms with Gasteiger partial charge in [-0.15, -0.1) is 0 Å². The highest BCUT2D eigenvalue weighted by Gasteiger charge is 2.17. The molecule has 0 amide bonds. The average molecular weight is 267 g/mol. The second kappa shape index (κ2) is 5.30. The Balaban J connectivity index is 1.98. The van der Waals surface area contributed by atoms with Gasteiger partial charge in [0.25, 0.3) is 0 Å². The largest absolute Gasteiger partial charge is 0.356 e. The summed E-state index contributed by atoms with van der Waals surface area (Å²) in [6.45, 7) is 1.91. The van der Waals surface area contributed by atoms with Crippen molar-refractivity contribution in [3.63, 3.8) is 0 Å². The van der Waals surface area contributed by atoms with E-state index < -0.39 is 0 Å². The molecule has 0 aliphatic carbocycles. The zero-order chi connectivity index (χ0) is 13.9. The lowest BCUT2D eigenvalue weighted by Crippen LogP contribution is -2.20. The normalized spacial score (nSPS) is 14.3. The number of pyridine rings is 1. The van der Waals surface area contributed by atoms with E-state index in [0.29, 0.717) is 5.56 Å². The Morgan fingerprint density at radius 1 is 1.10 bits per heavy atom. The van der Waals surface area contributed by atoms with E-state index in [9.17, 15) is 9.65 Å². The van der Waals surface area contributed by atoms with Gasteiger partial charge in [0.05, 0.1) is 5.56 Å². The minimum atomic E-state index is -0.268. The molecule has 4 heteroatoms. The molecule has 1 fully saturated rings. The molecular formula is C16H14FN3. The maximum atomic E-state index is 12.9. The molecule has 0 bridgehead atoms. The summed E-state index contributed by atoms with van der Waals surface area (Å²) in [6.07, 6.45) is 4.04. The molecule has 0 saturated carbocycles. The summed E-state index contributed by atoms with van der Waals surface area (Å²) in [6, 6.07) is 10.3. The Morgan fingerprint density at radius 3 is 2.45 bits per heavy atom. The van der Waals surface area contributed by atoms with Crippen LogP contribution in [0.5, 0.6) is 0 Å².